The molecule has 0 saturated carbocycles. The lowest BCUT2D eigenvalue weighted by molar-refractivity contribution is 0.180. The summed E-state index contributed by atoms with van der Waals surface area (Å²) in [6.07, 6.45) is 0.811. The molecule has 1 nitrogen and oxygen atoms in total. The van der Waals surface area contributed by atoms with E-state index in [2.05, 4.69) is 48.5 Å². The first-order valence-corrected chi connectivity index (χ1v) is 6.59. The van der Waals surface area contributed by atoms with Crippen LogP contribution < -0.4 is 0 Å². The maximum absolute atomic E-state index is 9.85. The van der Waals surface area contributed by atoms with Gasteiger partial charge in [-0.2, -0.15) is 0 Å². The third-order valence-corrected chi connectivity index (χ3v) is 2.71. The zero-order valence-electron chi connectivity index (χ0n) is 10.6. The Kier molecular flexibility index (Phi) is 5.24. The molecule has 1 aromatic rings. The summed E-state index contributed by atoms with van der Waals surface area (Å²) in [5, 5.41) is 9.85. The first-order chi connectivity index (χ1) is 7.87. The van der Waals surface area contributed by atoms with E-state index in [4.69, 9.17) is 0 Å². The zero-order valence-corrected chi connectivity index (χ0v) is 12.2. The van der Waals surface area contributed by atoms with Gasteiger partial charge in [-0.3, -0.25) is 0 Å². The van der Waals surface area contributed by atoms with Gasteiger partial charge in [0.2, 0.25) is 0 Å². The summed E-state index contributed by atoms with van der Waals surface area (Å²) in [5.74, 6) is 6.18. The van der Waals surface area contributed by atoms with Crippen molar-refractivity contribution < 1.29 is 5.11 Å². The fourth-order valence-corrected chi connectivity index (χ4v) is 1.66. The van der Waals surface area contributed by atoms with E-state index in [0.29, 0.717) is 12.8 Å². The predicted molar refractivity (Wildman–Crippen MR) is 75.7 cm³/mol. The molecule has 0 bridgehead atoms. The highest BCUT2D eigenvalue weighted by Gasteiger charge is 2.06. The molecule has 1 atom stereocenters. The monoisotopic (exact) mass is 294 g/mol. The number of hydrogen-bond acceptors (Lipinski definition) is 1. The largest absolute Gasteiger partial charge is 0.392 e. The number of aliphatic hydroxyl groups excluding tert-OH is 1. The average Bonchev–Trinajstić information content (AvgIpc) is 2.19. The van der Waals surface area contributed by atoms with Gasteiger partial charge in [0.15, 0.2) is 0 Å². The number of halogens is 1. The minimum Gasteiger partial charge on any atom is -0.392 e. The first-order valence-electron chi connectivity index (χ1n) is 5.79. The lowest BCUT2D eigenvalue weighted by atomic mass is 9.97. The Balaban J connectivity index is 2.46. The van der Waals surface area contributed by atoms with E-state index in [1.807, 2.05) is 24.3 Å². The van der Waals surface area contributed by atoms with Gasteiger partial charge in [0.25, 0.3) is 0 Å². The molecule has 17 heavy (non-hydrogen) atoms. The third kappa shape index (κ3) is 6.51. The van der Waals surface area contributed by atoms with Crippen LogP contribution in [0.2, 0.25) is 0 Å². The van der Waals surface area contributed by atoms with Gasteiger partial charge in [0.1, 0.15) is 0 Å². The standard InChI is InChI=1S/C15H19BrO/c1-15(2,3)10-4-5-14(17)11-12-6-8-13(16)9-7-12/h6-9,14,17H,5,11H2,1-3H3. The van der Waals surface area contributed by atoms with Gasteiger partial charge in [-0.15, -0.1) is 5.92 Å². The summed E-state index contributed by atoms with van der Waals surface area (Å²) in [5.41, 5.74) is 1.15. The Morgan fingerprint density at radius 3 is 2.35 bits per heavy atom. The van der Waals surface area contributed by atoms with E-state index in [-0.39, 0.29) is 11.5 Å². The van der Waals surface area contributed by atoms with Crippen LogP contribution in [0.3, 0.4) is 0 Å². The molecule has 0 amide bonds. The summed E-state index contributed by atoms with van der Waals surface area (Å²) in [6, 6.07) is 8.01. The van der Waals surface area contributed by atoms with Crippen LogP contribution in [0.25, 0.3) is 0 Å². The van der Waals surface area contributed by atoms with E-state index in [1.165, 1.54) is 0 Å². The van der Waals surface area contributed by atoms with E-state index >= 15 is 0 Å². The summed E-state index contributed by atoms with van der Waals surface area (Å²) >= 11 is 3.39. The molecule has 0 spiro atoms. The van der Waals surface area contributed by atoms with Crippen molar-refractivity contribution in [3.8, 4) is 11.8 Å². The SMILES string of the molecule is CC(C)(C)C#CCC(O)Cc1ccc(Br)cc1. The Labute approximate surface area is 112 Å². The highest BCUT2D eigenvalue weighted by molar-refractivity contribution is 9.10. The fraction of sp³-hybridized carbons (Fsp3) is 0.467. The molecule has 0 aromatic heterocycles. The molecule has 0 saturated heterocycles. The van der Waals surface area contributed by atoms with E-state index < -0.39 is 0 Å². The van der Waals surface area contributed by atoms with E-state index in [0.717, 1.165) is 10.0 Å². The maximum atomic E-state index is 9.85. The predicted octanol–water partition coefficient (Wildman–Crippen LogP) is 3.79. The molecule has 1 rings (SSSR count). The molecule has 1 aromatic carbocycles. The van der Waals surface area contributed by atoms with E-state index in [9.17, 15) is 5.11 Å². The lowest BCUT2D eigenvalue weighted by Gasteiger charge is -2.09. The third-order valence-electron chi connectivity index (χ3n) is 2.19. The number of benzene rings is 1. The molecule has 92 valence electrons. The Bertz CT molecular complexity index is 403. The molecule has 0 heterocycles. The highest BCUT2D eigenvalue weighted by Crippen LogP contribution is 2.13. The molecule has 1 unspecified atom stereocenters. The summed E-state index contributed by atoms with van der Waals surface area (Å²) in [6.45, 7) is 6.21. The Morgan fingerprint density at radius 1 is 1.24 bits per heavy atom. The smallest absolute Gasteiger partial charge is 0.0689 e. The zero-order chi connectivity index (χ0) is 12.9. The van der Waals surface area contributed by atoms with Crippen molar-refractivity contribution in [3.05, 3.63) is 34.3 Å². The van der Waals surface area contributed by atoms with Crippen molar-refractivity contribution in [2.45, 2.75) is 39.7 Å². The van der Waals surface area contributed by atoms with Gasteiger partial charge in [0, 0.05) is 16.3 Å². The molecule has 0 fully saturated rings. The molecule has 2 heteroatoms. The second kappa shape index (κ2) is 6.23. The first kappa shape index (κ1) is 14.3. The fourth-order valence-electron chi connectivity index (χ4n) is 1.40. The molecule has 0 aliphatic carbocycles. The van der Waals surface area contributed by atoms with Crippen molar-refractivity contribution in [3.63, 3.8) is 0 Å². The summed E-state index contributed by atoms with van der Waals surface area (Å²) < 4.78 is 1.06. The van der Waals surface area contributed by atoms with Gasteiger partial charge in [0.05, 0.1) is 6.10 Å². The van der Waals surface area contributed by atoms with Gasteiger partial charge < -0.3 is 5.11 Å². The topological polar surface area (TPSA) is 20.2 Å². The molecular formula is C15H19BrO. The van der Waals surface area contributed by atoms with Crippen molar-refractivity contribution >= 4 is 15.9 Å². The molecule has 0 radical (unpaired) electrons. The van der Waals surface area contributed by atoms with Gasteiger partial charge in [-0.1, -0.05) is 34.0 Å². The van der Waals surface area contributed by atoms with Crippen molar-refractivity contribution in [2.24, 2.45) is 5.41 Å². The van der Waals surface area contributed by atoms with Crippen LogP contribution in [0.5, 0.6) is 0 Å². The van der Waals surface area contributed by atoms with Crippen LogP contribution in [-0.4, -0.2) is 11.2 Å². The quantitative estimate of drug-likeness (QED) is 0.841. The number of aliphatic hydroxyl groups is 1. The maximum Gasteiger partial charge on any atom is 0.0689 e. The van der Waals surface area contributed by atoms with Gasteiger partial charge in [-0.25, -0.2) is 0 Å². The van der Waals surface area contributed by atoms with Crippen molar-refractivity contribution in [1.29, 1.82) is 0 Å². The second-order valence-corrected chi connectivity index (χ2v) is 6.16. The van der Waals surface area contributed by atoms with E-state index in [1.54, 1.807) is 0 Å². The molecule has 0 aliphatic heterocycles. The van der Waals surface area contributed by atoms with Gasteiger partial charge >= 0.3 is 0 Å². The average molecular weight is 295 g/mol. The van der Waals surface area contributed by atoms with Crippen molar-refractivity contribution in [1.82, 2.24) is 0 Å². The van der Waals surface area contributed by atoms with Crippen molar-refractivity contribution in [2.75, 3.05) is 0 Å². The normalized spacial score (nSPS) is 12.8. The Morgan fingerprint density at radius 2 is 1.82 bits per heavy atom. The number of hydrogen-bond donors (Lipinski definition) is 1. The van der Waals surface area contributed by atoms with Crippen LogP contribution in [0.1, 0.15) is 32.8 Å². The minimum absolute atomic E-state index is 0.0112. The second-order valence-electron chi connectivity index (χ2n) is 5.24. The summed E-state index contributed by atoms with van der Waals surface area (Å²) in [7, 11) is 0. The van der Waals surface area contributed by atoms with Crippen LogP contribution in [0.15, 0.2) is 28.7 Å². The minimum atomic E-state index is -0.383. The van der Waals surface area contributed by atoms with Gasteiger partial charge in [-0.05, 0) is 44.9 Å². The lowest BCUT2D eigenvalue weighted by Crippen LogP contribution is -2.09. The molecular weight excluding hydrogens is 276 g/mol. The van der Waals surface area contributed by atoms with Crippen LogP contribution in [0, 0.1) is 17.3 Å². The summed E-state index contributed by atoms with van der Waals surface area (Å²) in [4.78, 5) is 0. The van der Waals surface area contributed by atoms with Crippen LogP contribution >= 0.6 is 15.9 Å². The molecule has 0 aliphatic rings. The van der Waals surface area contributed by atoms with Crippen LogP contribution in [-0.2, 0) is 6.42 Å². The van der Waals surface area contributed by atoms with Crippen LogP contribution in [0.4, 0.5) is 0 Å². The Hall–Kier alpha value is -0.780. The number of rotatable bonds is 3. The molecule has 1 N–H and O–H groups in total. The highest BCUT2D eigenvalue weighted by atomic mass is 79.9.